The van der Waals surface area contributed by atoms with Crippen molar-refractivity contribution in [3.05, 3.63) is 35.4 Å². The number of ether oxygens (including phenoxy) is 1. The van der Waals surface area contributed by atoms with Gasteiger partial charge in [-0.05, 0) is 29.9 Å². The predicted molar refractivity (Wildman–Crippen MR) is 77.8 cm³/mol. The molecule has 0 saturated heterocycles. The molecular weight excluding hydrogens is 238 g/mol. The van der Waals surface area contributed by atoms with E-state index in [4.69, 9.17) is 5.73 Å². The lowest BCUT2D eigenvalue weighted by molar-refractivity contribution is -0.141. The lowest BCUT2D eigenvalue weighted by atomic mass is 9.93. The Hall–Kier alpha value is -1.35. The Balaban J connectivity index is 2.52. The zero-order valence-corrected chi connectivity index (χ0v) is 12.2. The summed E-state index contributed by atoms with van der Waals surface area (Å²) in [5.41, 5.74) is 8.67. The van der Waals surface area contributed by atoms with Gasteiger partial charge in [-0.25, -0.2) is 0 Å². The summed E-state index contributed by atoms with van der Waals surface area (Å²) < 4.78 is 4.67. The van der Waals surface area contributed by atoms with Gasteiger partial charge in [0.2, 0.25) is 0 Å². The minimum Gasteiger partial charge on any atom is -0.469 e. The quantitative estimate of drug-likeness (QED) is 0.768. The van der Waals surface area contributed by atoms with Crippen LogP contribution in [0.5, 0.6) is 0 Å². The number of methoxy groups -OCH3 is 1. The fraction of sp³-hybridized carbons (Fsp3) is 0.562. The molecule has 0 radical (unpaired) electrons. The summed E-state index contributed by atoms with van der Waals surface area (Å²) in [6.07, 6.45) is 3.48. The Kier molecular flexibility index (Phi) is 6.57. The van der Waals surface area contributed by atoms with Crippen molar-refractivity contribution in [3.63, 3.8) is 0 Å². The molecule has 3 nitrogen and oxygen atoms in total. The van der Waals surface area contributed by atoms with Crippen molar-refractivity contribution < 1.29 is 9.53 Å². The van der Waals surface area contributed by atoms with E-state index >= 15 is 0 Å². The normalized spacial score (nSPS) is 13.9. The summed E-state index contributed by atoms with van der Waals surface area (Å²) in [6.45, 7) is 4.20. The molecule has 0 saturated carbocycles. The van der Waals surface area contributed by atoms with Crippen LogP contribution >= 0.6 is 0 Å². The van der Waals surface area contributed by atoms with E-state index in [2.05, 4.69) is 35.9 Å². The summed E-state index contributed by atoms with van der Waals surface area (Å²) in [5.74, 6) is 0.0655. The van der Waals surface area contributed by atoms with Gasteiger partial charge in [0.25, 0.3) is 0 Å². The van der Waals surface area contributed by atoms with Crippen LogP contribution in [0.3, 0.4) is 0 Å². The molecule has 2 unspecified atom stereocenters. The number of carbonyl (C=O) groups excluding carboxylic acids is 1. The van der Waals surface area contributed by atoms with Crippen LogP contribution < -0.4 is 5.73 Å². The van der Waals surface area contributed by atoms with Crippen LogP contribution in [0, 0.1) is 5.92 Å². The Labute approximate surface area is 116 Å². The van der Waals surface area contributed by atoms with Gasteiger partial charge in [-0.1, -0.05) is 44.5 Å². The Morgan fingerprint density at radius 3 is 2.47 bits per heavy atom. The molecule has 0 spiro atoms. The van der Waals surface area contributed by atoms with Gasteiger partial charge in [0.15, 0.2) is 0 Å². The highest BCUT2D eigenvalue weighted by Gasteiger charge is 2.14. The average Bonchev–Trinajstić information content (AvgIpc) is 2.39. The van der Waals surface area contributed by atoms with Crippen LogP contribution in [0.4, 0.5) is 0 Å². The molecule has 0 aliphatic heterocycles. The molecule has 2 N–H and O–H groups in total. The second-order valence-corrected chi connectivity index (χ2v) is 5.22. The highest BCUT2D eigenvalue weighted by molar-refractivity contribution is 5.69. The summed E-state index contributed by atoms with van der Waals surface area (Å²) in [7, 11) is 1.42. The van der Waals surface area contributed by atoms with Crippen molar-refractivity contribution in [3.8, 4) is 0 Å². The largest absolute Gasteiger partial charge is 0.469 e. The van der Waals surface area contributed by atoms with E-state index in [1.165, 1.54) is 12.7 Å². The van der Waals surface area contributed by atoms with E-state index in [9.17, 15) is 4.79 Å². The molecule has 1 aromatic carbocycles. The lowest BCUT2D eigenvalue weighted by Gasteiger charge is -2.17. The summed E-state index contributed by atoms with van der Waals surface area (Å²) in [4.78, 5) is 11.2. The molecule has 106 valence electrons. The van der Waals surface area contributed by atoms with Crippen LogP contribution in [-0.2, 0) is 16.0 Å². The van der Waals surface area contributed by atoms with Gasteiger partial charge in [-0.2, -0.15) is 0 Å². The highest BCUT2D eigenvalue weighted by Crippen LogP contribution is 2.21. The van der Waals surface area contributed by atoms with Crippen molar-refractivity contribution in [2.45, 2.75) is 45.6 Å². The Morgan fingerprint density at radius 2 is 1.95 bits per heavy atom. The fourth-order valence-corrected chi connectivity index (χ4v) is 2.24. The van der Waals surface area contributed by atoms with E-state index in [1.807, 2.05) is 6.92 Å². The predicted octanol–water partition coefficient (Wildman–Crippen LogP) is 3.23. The first-order chi connectivity index (χ1) is 9.06. The van der Waals surface area contributed by atoms with Crippen LogP contribution in [0.2, 0.25) is 0 Å². The maximum absolute atomic E-state index is 11.2. The molecule has 19 heavy (non-hydrogen) atoms. The van der Waals surface area contributed by atoms with E-state index in [1.54, 1.807) is 0 Å². The van der Waals surface area contributed by atoms with Crippen molar-refractivity contribution in [1.29, 1.82) is 0 Å². The van der Waals surface area contributed by atoms with E-state index in [0.29, 0.717) is 6.42 Å². The van der Waals surface area contributed by atoms with Crippen LogP contribution in [0.15, 0.2) is 24.3 Å². The maximum Gasteiger partial charge on any atom is 0.305 e. The van der Waals surface area contributed by atoms with Crippen LogP contribution in [-0.4, -0.2) is 13.1 Å². The molecule has 1 rings (SSSR count). The molecule has 0 amide bonds. The number of carbonyl (C=O) groups is 1. The smallest absolute Gasteiger partial charge is 0.305 e. The molecule has 0 heterocycles. The van der Waals surface area contributed by atoms with Gasteiger partial charge >= 0.3 is 5.97 Å². The SMILES string of the molecule is CCCc1ccc(C(N)CC(C)CC(=O)OC)cc1. The standard InChI is InChI=1S/C16H25NO2/c1-4-5-13-6-8-14(9-7-13)15(17)10-12(2)11-16(18)19-3/h6-9,12,15H,4-5,10-11,17H2,1-3H3. The fourth-order valence-electron chi connectivity index (χ4n) is 2.24. The second kappa shape index (κ2) is 7.95. The summed E-state index contributed by atoms with van der Waals surface area (Å²) in [5, 5.41) is 0. The molecular formula is C16H25NO2. The van der Waals surface area contributed by atoms with Crippen molar-refractivity contribution in [2.24, 2.45) is 11.7 Å². The van der Waals surface area contributed by atoms with Gasteiger partial charge in [0.05, 0.1) is 7.11 Å². The topological polar surface area (TPSA) is 52.3 Å². The summed E-state index contributed by atoms with van der Waals surface area (Å²) >= 11 is 0. The molecule has 0 aliphatic carbocycles. The third-order valence-electron chi connectivity index (χ3n) is 3.35. The second-order valence-electron chi connectivity index (χ2n) is 5.22. The van der Waals surface area contributed by atoms with Crippen molar-refractivity contribution in [2.75, 3.05) is 7.11 Å². The number of hydrogen-bond acceptors (Lipinski definition) is 3. The van der Waals surface area contributed by atoms with Crippen molar-refractivity contribution in [1.82, 2.24) is 0 Å². The molecule has 0 aromatic heterocycles. The minimum atomic E-state index is -0.169. The number of nitrogens with two attached hydrogens (primary N) is 1. The molecule has 0 aliphatic rings. The van der Waals surface area contributed by atoms with Crippen LogP contribution in [0.25, 0.3) is 0 Å². The zero-order chi connectivity index (χ0) is 14.3. The number of esters is 1. The zero-order valence-electron chi connectivity index (χ0n) is 12.2. The highest BCUT2D eigenvalue weighted by atomic mass is 16.5. The first kappa shape index (κ1) is 15.7. The number of rotatable bonds is 7. The molecule has 0 fully saturated rings. The number of hydrogen-bond donors (Lipinski definition) is 1. The molecule has 3 heteroatoms. The van der Waals surface area contributed by atoms with E-state index < -0.39 is 0 Å². The van der Waals surface area contributed by atoms with Gasteiger partial charge in [-0.3, -0.25) is 4.79 Å². The first-order valence-corrected chi connectivity index (χ1v) is 6.98. The van der Waals surface area contributed by atoms with Gasteiger partial charge in [0, 0.05) is 12.5 Å². The van der Waals surface area contributed by atoms with Gasteiger partial charge in [-0.15, -0.1) is 0 Å². The monoisotopic (exact) mass is 263 g/mol. The maximum atomic E-state index is 11.2. The van der Waals surface area contributed by atoms with Gasteiger partial charge in [0.1, 0.15) is 0 Å². The summed E-state index contributed by atoms with van der Waals surface area (Å²) in [6, 6.07) is 8.46. The average molecular weight is 263 g/mol. The number of benzene rings is 1. The van der Waals surface area contributed by atoms with E-state index in [-0.39, 0.29) is 17.9 Å². The number of aryl methyl sites for hydroxylation is 1. The molecule has 0 bridgehead atoms. The third-order valence-corrected chi connectivity index (χ3v) is 3.35. The lowest BCUT2D eigenvalue weighted by Crippen LogP contribution is -2.16. The minimum absolute atomic E-state index is 0.0182. The van der Waals surface area contributed by atoms with E-state index in [0.717, 1.165) is 24.8 Å². The molecule has 2 atom stereocenters. The molecule has 1 aromatic rings. The van der Waals surface area contributed by atoms with Crippen LogP contribution in [0.1, 0.15) is 50.3 Å². The third kappa shape index (κ3) is 5.43. The van der Waals surface area contributed by atoms with Gasteiger partial charge < -0.3 is 10.5 Å². The van der Waals surface area contributed by atoms with Crippen molar-refractivity contribution >= 4 is 5.97 Å². The Bertz CT molecular complexity index is 386. The first-order valence-electron chi connectivity index (χ1n) is 6.98. The Morgan fingerprint density at radius 1 is 1.32 bits per heavy atom.